The fourth-order valence-electron chi connectivity index (χ4n) is 7.61. The predicted molar refractivity (Wildman–Crippen MR) is 227 cm³/mol. The van der Waals surface area contributed by atoms with Crippen LogP contribution in [0.4, 0.5) is 0 Å². The van der Waals surface area contributed by atoms with Crippen LogP contribution in [0.15, 0.2) is 211 Å². The summed E-state index contributed by atoms with van der Waals surface area (Å²) in [5.41, 5.74) is 17.9. The van der Waals surface area contributed by atoms with Crippen LogP contribution < -0.4 is 0 Å². The van der Waals surface area contributed by atoms with Crippen LogP contribution in [0.1, 0.15) is 0 Å². The van der Waals surface area contributed by atoms with Crippen LogP contribution in [0.25, 0.3) is 99.8 Å². The maximum atomic E-state index is 6.21. The second kappa shape index (κ2) is 13.9. The van der Waals surface area contributed by atoms with Gasteiger partial charge in [-0.1, -0.05) is 109 Å². The maximum absolute atomic E-state index is 6.21. The SMILES string of the molecule is c1cncc(-c2cccc(-c3cccc(-c4cc(-c5cccc(-c6cccc(-c7cccnc7)c6)c5)cc(-c5ccc6oc7ccccc7c6c5)c4)c3)c2)c1. The molecule has 0 unspecified atom stereocenters. The van der Waals surface area contributed by atoms with Crippen molar-refractivity contribution in [3.63, 3.8) is 0 Å². The molecule has 0 N–H and O–H groups in total. The summed E-state index contributed by atoms with van der Waals surface area (Å²) in [6, 6.07) is 65.1. The van der Waals surface area contributed by atoms with E-state index in [4.69, 9.17) is 4.42 Å². The summed E-state index contributed by atoms with van der Waals surface area (Å²) >= 11 is 0. The van der Waals surface area contributed by atoms with E-state index in [0.29, 0.717) is 0 Å². The molecule has 0 aliphatic rings. The third-order valence-corrected chi connectivity index (χ3v) is 10.4. The zero-order valence-electron chi connectivity index (χ0n) is 29.9. The summed E-state index contributed by atoms with van der Waals surface area (Å²) in [6.45, 7) is 0. The lowest BCUT2D eigenvalue weighted by Gasteiger charge is -2.14. The van der Waals surface area contributed by atoms with E-state index in [9.17, 15) is 0 Å². The van der Waals surface area contributed by atoms with E-state index in [1.807, 2.05) is 49.1 Å². The molecular formula is C52H34N2O. The Bertz CT molecular complexity index is 2840. The molecule has 0 spiro atoms. The monoisotopic (exact) mass is 702 g/mol. The average Bonchev–Trinajstić information content (AvgIpc) is 3.65. The van der Waals surface area contributed by atoms with Crippen LogP contribution in [-0.4, -0.2) is 9.97 Å². The van der Waals surface area contributed by atoms with Gasteiger partial charge < -0.3 is 4.42 Å². The second-order valence-electron chi connectivity index (χ2n) is 13.9. The van der Waals surface area contributed by atoms with E-state index in [2.05, 4.69) is 168 Å². The standard InChI is InChI=1S/C52H34N2O/c1-2-20-51-49(19-1)50-32-43(21-22-52(50)55-51)48-30-46(41-15-5-11-37(27-41)35-9-3-13-39(25-35)44-17-7-23-53-33-44)29-47(31-48)42-16-6-12-38(28-42)36-10-4-14-40(26-36)45-18-8-24-54-34-45/h1-34H. The number of nitrogens with zero attached hydrogens (tertiary/aromatic N) is 2. The lowest BCUT2D eigenvalue weighted by molar-refractivity contribution is 0.669. The number of fused-ring (bicyclic) bond motifs is 3. The first-order valence-electron chi connectivity index (χ1n) is 18.5. The lowest BCUT2D eigenvalue weighted by atomic mass is 9.90. The van der Waals surface area contributed by atoms with Crippen LogP contribution in [0.3, 0.4) is 0 Å². The second-order valence-corrected chi connectivity index (χ2v) is 13.9. The first-order chi connectivity index (χ1) is 27.2. The minimum atomic E-state index is 0.892. The summed E-state index contributed by atoms with van der Waals surface area (Å²) in [7, 11) is 0. The van der Waals surface area contributed by atoms with Crippen LogP contribution in [-0.2, 0) is 0 Å². The molecule has 0 fully saturated rings. The van der Waals surface area contributed by atoms with E-state index in [-0.39, 0.29) is 0 Å². The normalized spacial score (nSPS) is 11.3. The molecule has 0 saturated heterocycles. The number of hydrogen-bond acceptors (Lipinski definition) is 3. The Morgan fingerprint density at radius 3 is 1.07 bits per heavy atom. The molecule has 0 aliphatic carbocycles. The van der Waals surface area contributed by atoms with Crippen molar-refractivity contribution in [2.24, 2.45) is 0 Å². The minimum Gasteiger partial charge on any atom is -0.456 e. The average molecular weight is 703 g/mol. The lowest BCUT2D eigenvalue weighted by Crippen LogP contribution is -1.88. The van der Waals surface area contributed by atoms with Gasteiger partial charge in [0.2, 0.25) is 0 Å². The van der Waals surface area contributed by atoms with Gasteiger partial charge in [0, 0.05) is 46.7 Å². The van der Waals surface area contributed by atoms with Gasteiger partial charge in [-0.3, -0.25) is 9.97 Å². The van der Waals surface area contributed by atoms with Gasteiger partial charge in [-0.25, -0.2) is 0 Å². The van der Waals surface area contributed by atoms with E-state index in [0.717, 1.165) is 99.8 Å². The third-order valence-electron chi connectivity index (χ3n) is 10.4. The van der Waals surface area contributed by atoms with E-state index in [1.165, 1.54) is 0 Å². The van der Waals surface area contributed by atoms with E-state index < -0.39 is 0 Å². The Kier molecular flexibility index (Phi) is 8.16. The van der Waals surface area contributed by atoms with Crippen LogP contribution >= 0.6 is 0 Å². The number of furan rings is 1. The summed E-state index contributed by atoms with van der Waals surface area (Å²) in [5, 5.41) is 2.24. The fraction of sp³-hybridized carbons (Fsp3) is 0. The number of benzene rings is 7. The molecule has 0 atom stereocenters. The van der Waals surface area contributed by atoms with Crippen molar-refractivity contribution >= 4 is 21.9 Å². The number of pyridine rings is 2. The van der Waals surface area contributed by atoms with Gasteiger partial charge in [0.25, 0.3) is 0 Å². The van der Waals surface area contributed by atoms with E-state index in [1.54, 1.807) is 0 Å². The van der Waals surface area contributed by atoms with Gasteiger partial charge in [0.15, 0.2) is 0 Å². The summed E-state index contributed by atoms with van der Waals surface area (Å²) in [4.78, 5) is 8.69. The third kappa shape index (κ3) is 6.39. The minimum absolute atomic E-state index is 0.892. The highest BCUT2D eigenvalue weighted by molar-refractivity contribution is 6.06. The molecule has 0 radical (unpaired) electrons. The zero-order valence-corrected chi connectivity index (χ0v) is 29.9. The smallest absolute Gasteiger partial charge is 0.135 e. The van der Waals surface area contributed by atoms with Gasteiger partial charge in [0.1, 0.15) is 11.2 Å². The molecule has 10 rings (SSSR count). The molecule has 258 valence electrons. The topological polar surface area (TPSA) is 38.9 Å². The number of para-hydroxylation sites is 1. The van der Waals surface area contributed by atoms with Crippen molar-refractivity contribution in [1.29, 1.82) is 0 Å². The molecule has 3 nitrogen and oxygen atoms in total. The van der Waals surface area contributed by atoms with Crippen LogP contribution in [0, 0.1) is 0 Å². The molecule has 3 aromatic heterocycles. The molecular weight excluding hydrogens is 669 g/mol. The first-order valence-corrected chi connectivity index (χ1v) is 18.5. The van der Waals surface area contributed by atoms with Crippen LogP contribution in [0.2, 0.25) is 0 Å². The Hall–Kier alpha value is -7.36. The number of rotatable bonds is 7. The molecule has 7 aromatic carbocycles. The van der Waals surface area contributed by atoms with Gasteiger partial charge in [-0.05, 0) is 140 Å². The zero-order chi connectivity index (χ0) is 36.6. The molecule has 0 aliphatic heterocycles. The molecule has 3 heteroatoms. The molecule has 0 bridgehead atoms. The summed E-state index contributed by atoms with van der Waals surface area (Å²) in [6.07, 6.45) is 7.45. The summed E-state index contributed by atoms with van der Waals surface area (Å²) in [5.74, 6) is 0. The number of aromatic nitrogens is 2. The highest BCUT2D eigenvalue weighted by Crippen LogP contribution is 2.39. The van der Waals surface area contributed by atoms with Gasteiger partial charge in [-0.2, -0.15) is 0 Å². The highest BCUT2D eigenvalue weighted by atomic mass is 16.3. The highest BCUT2D eigenvalue weighted by Gasteiger charge is 2.13. The van der Waals surface area contributed by atoms with Gasteiger partial charge in [0.05, 0.1) is 0 Å². The van der Waals surface area contributed by atoms with Crippen LogP contribution in [0.5, 0.6) is 0 Å². The summed E-state index contributed by atoms with van der Waals surface area (Å²) < 4.78 is 6.21. The quantitative estimate of drug-likeness (QED) is 0.166. The van der Waals surface area contributed by atoms with E-state index >= 15 is 0 Å². The molecule has 55 heavy (non-hydrogen) atoms. The van der Waals surface area contributed by atoms with Gasteiger partial charge >= 0.3 is 0 Å². The Morgan fingerprint density at radius 1 is 0.255 bits per heavy atom. The van der Waals surface area contributed by atoms with Crippen molar-refractivity contribution in [2.45, 2.75) is 0 Å². The van der Waals surface area contributed by atoms with Gasteiger partial charge in [-0.15, -0.1) is 0 Å². The maximum Gasteiger partial charge on any atom is 0.135 e. The number of hydrogen-bond donors (Lipinski definition) is 0. The predicted octanol–water partition coefficient (Wildman–Crippen LogP) is 14.0. The molecule has 3 heterocycles. The molecule has 0 amide bonds. The largest absolute Gasteiger partial charge is 0.456 e. The Morgan fingerprint density at radius 2 is 0.618 bits per heavy atom. The first kappa shape index (κ1) is 32.3. The Labute approximate surface area is 319 Å². The van der Waals surface area contributed by atoms with Crippen molar-refractivity contribution < 1.29 is 4.42 Å². The van der Waals surface area contributed by atoms with Crippen molar-refractivity contribution in [3.8, 4) is 77.9 Å². The molecule has 10 aromatic rings. The Balaban J connectivity index is 1.10. The fourth-order valence-corrected chi connectivity index (χ4v) is 7.61. The van der Waals surface area contributed by atoms with Crippen molar-refractivity contribution in [1.82, 2.24) is 9.97 Å². The molecule has 0 saturated carbocycles. The van der Waals surface area contributed by atoms with Crippen molar-refractivity contribution in [3.05, 3.63) is 207 Å². The van der Waals surface area contributed by atoms with Crippen molar-refractivity contribution in [2.75, 3.05) is 0 Å².